The molecule has 1 fully saturated rings. The lowest BCUT2D eigenvalue weighted by Crippen LogP contribution is -2.20. The van der Waals surface area contributed by atoms with Gasteiger partial charge < -0.3 is 0 Å². The van der Waals surface area contributed by atoms with E-state index in [9.17, 15) is 0 Å². The Morgan fingerprint density at radius 3 is 2.09 bits per heavy atom. The predicted octanol–water partition coefficient (Wildman–Crippen LogP) is 0.726. The highest BCUT2D eigenvalue weighted by Gasteiger charge is 2.35. The smallest absolute Gasteiger partial charge is 0.0201 e. The minimum Gasteiger partial charge on any atom is -0.0746 e. The standard InChI is InChI=1S/C8H22Si3/c1-9-7-4-5-8(6-7,10-2)11-3/h7H,4-6,9-11H2,1-3H3. The zero-order valence-electron chi connectivity index (χ0n) is 8.32. The maximum atomic E-state index is 2.55. The number of rotatable bonds is 3. The van der Waals surface area contributed by atoms with Gasteiger partial charge in [-0.2, -0.15) is 0 Å². The quantitative estimate of drug-likeness (QED) is 0.592. The molecule has 0 aromatic carbocycles. The Morgan fingerprint density at radius 1 is 1.18 bits per heavy atom. The molecular formula is C8H22Si3. The molecule has 1 unspecified atom stereocenters. The molecule has 0 bridgehead atoms. The number of hydrogen-bond donors (Lipinski definition) is 0. The summed E-state index contributed by atoms with van der Waals surface area (Å²) in [7, 11) is 1.00. The minimum atomic E-state index is 0.326. The molecule has 0 N–H and O–H groups in total. The van der Waals surface area contributed by atoms with Crippen LogP contribution in [-0.2, 0) is 0 Å². The molecule has 1 saturated carbocycles. The minimum absolute atomic E-state index is 0.326. The van der Waals surface area contributed by atoms with Gasteiger partial charge in [0.15, 0.2) is 0 Å². The van der Waals surface area contributed by atoms with Gasteiger partial charge in [0, 0.05) is 28.6 Å². The van der Waals surface area contributed by atoms with Gasteiger partial charge in [0.05, 0.1) is 0 Å². The highest BCUT2D eigenvalue weighted by atomic mass is 28.3. The van der Waals surface area contributed by atoms with E-state index >= 15 is 0 Å². The Labute approximate surface area is 78.0 Å². The van der Waals surface area contributed by atoms with Crippen LogP contribution in [0.5, 0.6) is 0 Å². The van der Waals surface area contributed by atoms with E-state index < -0.39 is 0 Å². The first kappa shape index (κ1) is 9.74. The molecule has 66 valence electrons. The van der Waals surface area contributed by atoms with Crippen molar-refractivity contribution in [1.29, 1.82) is 0 Å². The molecule has 0 aromatic rings. The molecule has 0 heterocycles. The lowest BCUT2D eigenvalue weighted by molar-refractivity contribution is 0.775. The van der Waals surface area contributed by atoms with E-state index in [0.29, 0.717) is 28.6 Å². The highest BCUT2D eigenvalue weighted by molar-refractivity contribution is 6.61. The van der Waals surface area contributed by atoms with E-state index in [4.69, 9.17) is 0 Å². The first-order chi connectivity index (χ1) is 5.26. The summed E-state index contributed by atoms with van der Waals surface area (Å²) in [5.41, 5.74) is 1.26. The second-order valence-corrected chi connectivity index (χ2v) is 11.6. The Hall–Kier alpha value is 0.651. The van der Waals surface area contributed by atoms with Crippen LogP contribution < -0.4 is 0 Å². The predicted molar refractivity (Wildman–Crippen MR) is 63.5 cm³/mol. The second kappa shape index (κ2) is 4.05. The van der Waals surface area contributed by atoms with Crippen LogP contribution in [0.2, 0.25) is 29.8 Å². The largest absolute Gasteiger partial charge is 0.0746 e. The van der Waals surface area contributed by atoms with Crippen molar-refractivity contribution in [3.8, 4) is 0 Å². The third kappa shape index (κ3) is 2.06. The maximum absolute atomic E-state index is 2.55. The highest BCUT2D eigenvalue weighted by Crippen LogP contribution is 2.48. The van der Waals surface area contributed by atoms with E-state index in [1.165, 1.54) is 5.54 Å². The summed E-state index contributed by atoms with van der Waals surface area (Å²) >= 11 is 0. The Morgan fingerprint density at radius 2 is 1.82 bits per heavy atom. The Bertz CT molecular complexity index is 121. The van der Waals surface area contributed by atoms with Crippen LogP contribution in [0.1, 0.15) is 19.3 Å². The fourth-order valence-electron chi connectivity index (χ4n) is 2.57. The summed E-state index contributed by atoms with van der Waals surface area (Å²) in [4.78, 5) is 0. The molecule has 1 aliphatic rings. The average molecular weight is 203 g/mol. The van der Waals surface area contributed by atoms with Gasteiger partial charge in [-0.15, -0.1) is 0 Å². The van der Waals surface area contributed by atoms with Crippen molar-refractivity contribution in [2.45, 2.75) is 49.1 Å². The van der Waals surface area contributed by atoms with Gasteiger partial charge in [-0.1, -0.05) is 44.4 Å². The summed E-state index contributed by atoms with van der Waals surface area (Å²) in [6.07, 6.45) is 4.98. The van der Waals surface area contributed by atoms with Gasteiger partial charge in [-0.25, -0.2) is 0 Å². The van der Waals surface area contributed by atoms with Crippen molar-refractivity contribution in [3.63, 3.8) is 0 Å². The van der Waals surface area contributed by atoms with Crippen molar-refractivity contribution < 1.29 is 0 Å². The van der Waals surface area contributed by atoms with Gasteiger partial charge in [-0.05, 0) is 4.66 Å². The van der Waals surface area contributed by atoms with Crippen LogP contribution in [0.15, 0.2) is 0 Å². The Kier molecular flexibility index (Phi) is 3.58. The van der Waals surface area contributed by atoms with E-state index in [1.807, 2.05) is 0 Å². The van der Waals surface area contributed by atoms with Gasteiger partial charge in [-0.3, -0.25) is 0 Å². The van der Waals surface area contributed by atoms with Crippen molar-refractivity contribution in [1.82, 2.24) is 0 Å². The normalized spacial score (nSPS) is 41.2. The summed E-state index contributed by atoms with van der Waals surface area (Å²) in [6, 6.07) is 0. The molecule has 0 spiro atoms. The fourth-order valence-corrected chi connectivity index (χ4v) is 9.41. The van der Waals surface area contributed by atoms with Crippen molar-refractivity contribution in [3.05, 3.63) is 0 Å². The summed E-state index contributed by atoms with van der Waals surface area (Å²) < 4.78 is 1.06. The molecule has 0 aromatic heterocycles. The average Bonchev–Trinajstić information content (AvgIpc) is 2.49. The topological polar surface area (TPSA) is 0 Å². The van der Waals surface area contributed by atoms with Gasteiger partial charge in [0.25, 0.3) is 0 Å². The van der Waals surface area contributed by atoms with Gasteiger partial charge in [0.2, 0.25) is 0 Å². The third-order valence-corrected chi connectivity index (χ3v) is 13.0. The molecule has 1 aliphatic carbocycles. The number of hydrogen-bond acceptors (Lipinski definition) is 0. The molecule has 0 saturated heterocycles. The van der Waals surface area contributed by atoms with Gasteiger partial charge >= 0.3 is 0 Å². The lowest BCUT2D eigenvalue weighted by atomic mass is 10.3. The SMILES string of the molecule is C[SiH2]C1CCC([SiH2]C)([SiH2]C)C1. The van der Waals surface area contributed by atoms with Crippen molar-refractivity contribution in [2.24, 2.45) is 0 Å². The third-order valence-electron chi connectivity index (χ3n) is 3.88. The molecular weight excluding hydrogens is 180 g/mol. The second-order valence-electron chi connectivity index (χ2n) is 4.22. The fraction of sp³-hybridized carbons (Fsp3) is 1.00. The zero-order valence-corrected chi connectivity index (χ0v) is 12.6. The van der Waals surface area contributed by atoms with Crippen LogP contribution in [0, 0.1) is 0 Å². The summed E-state index contributed by atoms with van der Waals surface area (Å²) in [5, 5.41) is 0. The molecule has 0 nitrogen and oxygen atoms in total. The lowest BCUT2D eigenvalue weighted by Gasteiger charge is -2.25. The van der Waals surface area contributed by atoms with Crippen LogP contribution in [0.25, 0.3) is 0 Å². The van der Waals surface area contributed by atoms with Crippen molar-refractivity contribution in [2.75, 3.05) is 0 Å². The van der Waals surface area contributed by atoms with Crippen molar-refractivity contribution >= 4 is 28.6 Å². The van der Waals surface area contributed by atoms with E-state index in [2.05, 4.69) is 19.6 Å². The molecule has 1 rings (SSSR count). The molecule has 1 atom stereocenters. The first-order valence-electron chi connectivity index (χ1n) is 5.26. The monoisotopic (exact) mass is 202 g/mol. The van der Waals surface area contributed by atoms with Crippen LogP contribution in [-0.4, -0.2) is 28.6 Å². The Balaban J connectivity index is 2.48. The van der Waals surface area contributed by atoms with E-state index in [-0.39, 0.29) is 0 Å². The first-order valence-corrected chi connectivity index (χ1v) is 11.7. The van der Waals surface area contributed by atoms with Crippen LogP contribution in [0.3, 0.4) is 0 Å². The van der Waals surface area contributed by atoms with E-state index in [0.717, 1.165) is 4.66 Å². The summed E-state index contributed by atoms with van der Waals surface area (Å²) in [6.45, 7) is 7.61. The molecule has 3 heteroatoms. The van der Waals surface area contributed by atoms with Crippen LogP contribution in [0.4, 0.5) is 0 Å². The molecule has 0 amide bonds. The van der Waals surface area contributed by atoms with E-state index in [1.54, 1.807) is 19.3 Å². The van der Waals surface area contributed by atoms with Gasteiger partial charge in [0.1, 0.15) is 0 Å². The summed E-state index contributed by atoms with van der Waals surface area (Å²) in [5.74, 6) is 0. The zero-order chi connectivity index (χ0) is 8.32. The van der Waals surface area contributed by atoms with Crippen LogP contribution >= 0.6 is 0 Å². The molecule has 11 heavy (non-hydrogen) atoms. The maximum Gasteiger partial charge on any atom is 0.0201 e. The molecule has 0 aliphatic heterocycles. The molecule has 0 radical (unpaired) electrons.